The third-order valence-electron chi connectivity index (χ3n) is 4.56. The van der Waals surface area contributed by atoms with Crippen molar-refractivity contribution in [3.63, 3.8) is 0 Å². The quantitative estimate of drug-likeness (QED) is 0.851. The molecule has 2 aromatic rings. The summed E-state index contributed by atoms with van der Waals surface area (Å²) < 4.78 is 0. The van der Waals surface area contributed by atoms with Gasteiger partial charge in [-0.05, 0) is 43.0 Å². The number of amides is 2. The topological polar surface area (TPSA) is 57.3 Å². The van der Waals surface area contributed by atoms with Crippen LogP contribution in [0.15, 0.2) is 54.7 Å². The van der Waals surface area contributed by atoms with Crippen LogP contribution in [0.3, 0.4) is 0 Å². The second kappa shape index (κ2) is 9.18. The fourth-order valence-corrected chi connectivity index (χ4v) is 3.26. The van der Waals surface area contributed by atoms with Crippen LogP contribution in [0.4, 0.5) is 4.79 Å². The number of carbonyl (C=O) groups excluding carboxylic acids is 1. The number of pyridine rings is 1. The summed E-state index contributed by atoms with van der Waals surface area (Å²) in [7, 11) is 0. The molecule has 5 nitrogen and oxygen atoms in total. The van der Waals surface area contributed by atoms with Gasteiger partial charge in [0.2, 0.25) is 0 Å². The van der Waals surface area contributed by atoms with Crippen molar-refractivity contribution < 1.29 is 4.79 Å². The lowest BCUT2D eigenvalue weighted by molar-refractivity contribution is 0.163. The Morgan fingerprint density at radius 2 is 1.96 bits per heavy atom. The van der Waals surface area contributed by atoms with Gasteiger partial charge in [-0.2, -0.15) is 0 Å². The number of hydrogen-bond acceptors (Lipinski definition) is 3. The smallest absolute Gasteiger partial charge is 0.315 e. The molecule has 3 rings (SSSR count). The molecule has 0 bridgehead atoms. The lowest BCUT2D eigenvalue weighted by Gasteiger charge is -2.32. The summed E-state index contributed by atoms with van der Waals surface area (Å²) in [4.78, 5) is 18.8. The number of nitrogens with zero attached hydrogens (tertiary/aromatic N) is 2. The van der Waals surface area contributed by atoms with Crippen LogP contribution >= 0.6 is 0 Å². The Morgan fingerprint density at radius 1 is 1.12 bits per heavy atom. The predicted octanol–water partition coefficient (Wildman–Crippen LogP) is 2.79. The van der Waals surface area contributed by atoms with E-state index in [1.54, 1.807) is 0 Å². The molecule has 1 fully saturated rings. The van der Waals surface area contributed by atoms with Gasteiger partial charge in [0.05, 0.1) is 5.69 Å². The molecular formula is C20H26N4O. The maximum Gasteiger partial charge on any atom is 0.315 e. The third-order valence-corrected chi connectivity index (χ3v) is 4.56. The van der Waals surface area contributed by atoms with E-state index in [1.165, 1.54) is 6.42 Å². The summed E-state index contributed by atoms with van der Waals surface area (Å²) in [6.07, 6.45) is 4.18. The molecule has 2 N–H and O–H groups in total. The molecule has 0 aliphatic carbocycles. The van der Waals surface area contributed by atoms with Crippen LogP contribution in [0, 0.1) is 5.92 Å². The third kappa shape index (κ3) is 5.87. The second-order valence-corrected chi connectivity index (χ2v) is 6.61. The van der Waals surface area contributed by atoms with Crippen LogP contribution in [0.1, 0.15) is 24.1 Å². The van der Waals surface area contributed by atoms with E-state index in [0.717, 1.165) is 43.9 Å². The highest BCUT2D eigenvalue weighted by Crippen LogP contribution is 2.17. The van der Waals surface area contributed by atoms with E-state index < -0.39 is 0 Å². The molecule has 1 aromatic heterocycles. The number of nitrogens with one attached hydrogen (secondary N) is 2. The van der Waals surface area contributed by atoms with Crippen molar-refractivity contribution in [1.29, 1.82) is 0 Å². The fourth-order valence-electron chi connectivity index (χ4n) is 3.26. The highest BCUT2D eigenvalue weighted by Gasteiger charge is 2.20. The lowest BCUT2D eigenvalue weighted by Crippen LogP contribution is -2.43. The maximum atomic E-state index is 12.0. The summed E-state index contributed by atoms with van der Waals surface area (Å²) in [5.41, 5.74) is 2.22. The number of hydrogen-bond donors (Lipinski definition) is 2. The van der Waals surface area contributed by atoms with Gasteiger partial charge in [0.15, 0.2) is 0 Å². The first-order valence-corrected chi connectivity index (χ1v) is 8.97. The van der Waals surface area contributed by atoms with Crippen LogP contribution < -0.4 is 10.6 Å². The first-order valence-electron chi connectivity index (χ1n) is 8.97. The van der Waals surface area contributed by atoms with Crippen LogP contribution in [0.25, 0.3) is 0 Å². The molecule has 1 aromatic carbocycles. The normalized spacial score (nSPS) is 17.8. The largest absolute Gasteiger partial charge is 0.338 e. The number of aromatic nitrogens is 1. The van der Waals surface area contributed by atoms with E-state index in [0.29, 0.717) is 12.5 Å². The van der Waals surface area contributed by atoms with Gasteiger partial charge >= 0.3 is 6.03 Å². The van der Waals surface area contributed by atoms with E-state index in [1.807, 2.05) is 48.7 Å². The van der Waals surface area contributed by atoms with Gasteiger partial charge in [0.25, 0.3) is 0 Å². The number of rotatable bonds is 6. The zero-order valence-electron chi connectivity index (χ0n) is 14.5. The molecule has 1 unspecified atom stereocenters. The van der Waals surface area contributed by atoms with Crippen molar-refractivity contribution >= 4 is 6.03 Å². The number of piperidine rings is 1. The van der Waals surface area contributed by atoms with Gasteiger partial charge in [-0.25, -0.2) is 4.79 Å². The van der Waals surface area contributed by atoms with Crippen molar-refractivity contribution in [2.45, 2.75) is 25.9 Å². The monoisotopic (exact) mass is 338 g/mol. The molecule has 0 radical (unpaired) electrons. The van der Waals surface area contributed by atoms with E-state index in [-0.39, 0.29) is 6.03 Å². The molecule has 132 valence electrons. The molecule has 1 aliphatic rings. The number of urea groups is 1. The van der Waals surface area contributed by atoms with Crippen LogP contribution in [-0.4, -0.2) is 35.5 Å². The summed E-state index contributed by atoms with van der Waals surface area (Å²) >= 11 is 0. The summed E-state index contributed by atoms with van der Waals surface area (Å²) in [6.45, 7) is 4.28. The molecule has 0 saturated carbocycles. The van der Waals surface area contributed by atoms with Crippen molar-refractivity contribution in [3.8, 4) is 0 Å². The zero-order chi connectivity index (χ0) is 17.3. The van der Waals surface area contributed by atoms with E-state index in [4.69, 9.17) is 0 Å². The average molecular weight is 338 g/mol. The molecule has 0 spiro atoms. The van der Waals surface area contributed by atoms with Crippen LogP contribution in [0.2, 0.25) is 0 Å². The summed E-state index contributed by atoms with van der Waals surface area (Å²) in [5.74, 6) is 0.500. The van der Waals surface area contributed by atoms with E-state index >= 15 is 0 Å². The van der Waals surface area contributed by atoms with Crippen LogP contribution in [-0.2, 0) is 13.1 Å². The Bertz CT molecular complexity index is 647. The molecule has 5 heteroatoms. The molecule has 1 atom stereocenters. The maximum absolute atomic E-state index is 12.0. The Balaban J connectivity index is 1.38. The Labute approximate surface area is 149 Å². The summed E-state index contributed by atoms with van der Waals surface area (Å²) in [6, 6.07) is 15.9. The SMILES string of the molecule is O=C(NCc1ccccc1)NCC1CCCN(Cc2ccccn2)C1. The van der Waals surface area contributed by atoms with Crippen molar-refractivity contribution in [2.75, 3.05) is 19.6 Å². The lowest BCUT2D eigenvalue weighted by atomic mass is 9.98. The van der Waals surface area contributed by atoms with Gasteiger partial charge in [0, 0.05) is 32.4 Å². The minimum atomic E-state index is -0.0919. The minimum Gasteiger partial charge on any atom is -0.338 e. The van der Waals surface area contributed by atoms with Gasteiger partial charge in [-0.1, -0.05) is 36.4 Å². The Morgan fingerprint density at radius 3 is 2.76 bits per heavy atom. The molecule has 1 saturated heterocycles. The van der Waals surface area contributed by atoms with Gasteiger partial charge in [-0.3, -0.25) is 9.88 Å². The average Bonchev–Trinajstić information content (AvgIpc) is 2.67. The van der Waals surface area contributed by atoms with E-state index in [9.17, 15) is 4.79 Å². The van der Waals surface area contributed by atoms with Gasteiger partial charge < -0.3 is 10.6 Å². The first kappa shape index (κ1) is 17.4. The highest BCUT2D eigenvalue weighted by molar-refractivity contribution is 5.73. The standard InChI is InChI=1S/C20H26N4O/c25-20(22-13-17-7-2-1-3-8-17)23-14-18-9-6-12-24(15-18)16-19-10-4-5-11-21-19/h1-5,7-8,10-11,18H,6,9,12-16H2,(H2,22,23,25). The minimum absolute atomic E-state index is 0.0919. The number of likely N-dealkylation sites (tertiary alicyclic amines) is 1. The molecule has 25 heavy (non-hydrogen) atoms. The molecule has 2 heterocycles. The van der Waals surface area contributed by atoms with Crippen molar-refractivity contribution in [3.05, 3.63) is 66.0 Å². The van der Waals surface area contributed by atoms with Crippen LogP contribution in [0.5, 0.6) is 0 Å². The molecular weight excluding hydrogens is 312 g/mol. The van der Waals surface area contributed by atoms with Crippen molar-refractivity contribution in [2.24, 2.45) is 5.92 Å². The van der Waals surface area contributed by atoms with Gasteiger partial charge in [0.1, 0.15) is 0 Å². The van der Waals surface area contributed by atoms with Crippen molar-refractivity contribution in [1.82, 2.24) is 20.5 Å². The summed E-state index contributed by atoms with van der Waals surface area (Å²) in [5, 5.41) is 5.93. The molecule has 2 amide bonds. The highest BCUT2D eigenvalue weighted by atomic mass is 16.2. The predicted molar refractivity (Wildman–Crippen MR) is 98.9 cm³/mol. The Kier molecular flexibility index (Phi) is 6.40. The first-order chi connectivity index (χ1) is 12.3. The van der Waals surface area contributed by atoms with E-state index in [2.05, 4.69) is 26.6 Å². The second-order valence-electron chi connectivity index (χ2n) is 6.61. The zero-order valence-corrected chi connectivity index (χ0v) is 14.5. The fraction of sp³-hybridized carbons (Fsp3) is 0.400. The van der Waals surface area contributed by atoms with Gasteiger partial charge in [-0.15, -0.1) is 0 Å². The molecule has 1 aliphatic heterocycles. The number of benzene rings is 1. The Hall–Kier alpha value is -2.40. The number of carbonyl (C=O) groups is 1.